The van der Waals surface area contributed by atoms with E-state index in [1.807, 2.05) is 0 Å². The standard InChI is InChI=1S/C10H9FO4/c1-6(12)9(13)10(14)15-8-4-2-7(11)3-5-8/h2-5,10,14H,1H3. The molecule has 1 N–H and O–H groups in total. The van der Waals surface area contributed by atoms with Gasteiger partial charge in [-0.25, -0.2) is 4.39 Å². The van der Waals surface area contributed by atoms with E-state index in [-0.39, 0.29) is 5.75 Å². The topological polar surface area (TPSA) is 63.6 Å². The zero-order valence-electron chi connectivity index (χ0n) is 7.94. The molecule has 0 aliphatic carbocycles. The first kappa shape index (κ1) is 11.3. The third-order valence-electron chi connectivity index (χ3n) is 1.63. The number of halogens is 1. The normalized spacial score (nSPS) is 11.9. The molecule has 1 unspecified atom stereocenters. The van der Waals surface area contributed by atoms with E-state index in [4.69, 9.17) is 9.84 Å². The summed E-state index contributed by atoms with van der Waals surface area (Å²) >= 11 is 0. The number of benzene rings is 1. The lowest BCUT2D eigenvalue weighted by Crippen LogP contribution is -2.31. The van der Waals surface area contributed by atoms with Crippen LogP contribution in [0.1, 0.15) is 6.92 Å². The van der Waals surface area contributed by atoms with Crippen molar-refractivity contribution in [3.05, 3.63) is 30.1 Å². The van der Waals surface area contributed by atoms with Crippen molar-refractivity contribution in [2.45, 2.75) is 13.2 Å². The molecule has 0 bridgehead atoms. The Hall–Kier alpha value is -1.75. The molecule has 0 amide bonds. The number of aliphatic hydroxyl groups is 1. The number of hydrogen-bond donors (Lipinski definition) is 1. The minimum absolute atomic E-state index is 0.110. The molecule has 0 saturated carbocycles. The highest BCUT2D eigenvalue weighted by molar-refractivity contribution is 6.37. The van der Waals surface area contributed by atoms with Gasteiger partial charge in [-0.1, -0.05) is 0 Å². The maximum absolute atomic E-state index is 12.5. The maximum atomic E-state index is 12.5. The smallest absolute Gasteiger partial charge is 0.265 e. The van der Waals surface area contributed by atoms with Gasteiger partial charge in [-0.3, -0.25) is 9.59 Å². The minimum atomic E-state index is -1.84. The average Bonchev–Trinajstić information content (AvgIpc) is 2.20. The van der Waals surface area contributed by atoms with Crippen LogP contribution in [0.3, 0.4) is 0 Å². The van der Waals surface area contributed by atoms with Crippen LogP contribution in [0.15, 0.2) is 24.3 Å². The second-order valence-corrected chi connectivity index (χ2v) is 2.84. The quantitative estimate of drug-likeness (QED) is 0.588. The number of hydrogen-bond acceptors (Lipinski definition) is 4. The predicted molar refractivity (Wildman–Crippen MR) is 48.7 cm³/mol. The summed E-state index contributed by atoms with van der Waals surface area (Å²) in [7, 11) is 0. The first-order valence-electron chi connectivity index (χ1n) is 4.16. The SMILES string of the molecule is CC(=O)C(=O)C(O)Oc1ccc(F)cc1. The zero-order chi connectivity index (χ0) is 11.4. The van der Waals surface area contributed by atoms with Crippen LogP contribution in [-0.2, 0) is 9.59 Å². The van der Waals surface area contributed by atoms with Gasteiger partial charge in [0.15, 0.2) is 0 Å². The molecule has 0 aromatic heterocycles. The molecular formula is C10H9FO4. The Morgan fingerprint density at radius 1 is 1.33 bits per heavy atom. The van der Waals surface area contributed by atoms with Gasteiger partial charge in [-0.05, 0) is 24.3 Å². The minimum Gasteiger partial charge on any atom is -0.457 e. The Kier molecular flexibility index (Phi) is 3.51. The van der Waals surface area contributed by atoms with Crippen molar-refractivity contribution in [2.75, 3.05) is 0 Å². The van der Waals surface area contributed by atoms with Gasteiger partial charge >= 0.3 is 0 Å². The van der Waals surface area contributed by atoms with E-state index in [1.165, 1.54) is 12.1 Å². The van der Waals surface area contributed by atoms with E-state index in [0.717, 1.165) is 19.1 Å². The highest BCUT2D eigenvalue weighted by atomic mass is 19.1. The van der Waals surface area contributed by atoms with Gasteiger partial charge < -0.3 is 9.84 Å². The molecule has 5 heteroatoms. The third-order valence-corrected chi connectivity index (χ3v) is 1.63. The van der Waals surface area contributed by atoms with Crippen LogP contribution in [0, 0.1) is 5.82 Å². The Morgan fingerprint density at radius 3 is 2.33 bits per heavy atom. The number of ether oxygens (including phenoxy) is 1. The Bertz CT molecular complexity index is 372. The molecule has 0 aliphatic heterocycles. The second-order valence-electron chi connectivity index (χ2n) is 2.84. The Morgan fingerprint density at radius 2 is 1.87 bits per heavy atom. The van der Waals surface area contributed by atoms with Gasteiger partial charge in [0.1, 0.15) is 11.6 Å². The van der Waals surface area contributed by atoms with Crippen molar-refractivity contribution in [3.8, 4) is 5.75 Å². The lowest BCUT2D eigenvalue weighted by atomic mass is 10.3. The summed E-state index contributed by atoms with van der Waals surface area (Å²) in [6.07, 6.45) is -1.84. The van der Waals surface area contributed by atoms with Gasteiger partial charge in [-0.15, -0.1) is 0 Å². The molecule has 1 aromatic carbocycles. The van der Waals surface area contributed by atoms with Crippen molar-refractivity contribution in [2.24, 2.45) is 0 Å². The van der Waals surface area contributed by atoms with Gasteiger partial charge in [0.05, 0.1) is 0 Å². The number of carbonyl (C=O) groups is 2. The summed E-state index contributed by atoms with van der Waals surface area (Å²) in [5, 5.41) is 9.12. The molecule has 1 rings (SSSR count). The van der Waals surface area contributed by atoms with Gasteiger partial charge in [-0.2, -0.15) is 0 Å². The maximum Gasteiger partial charge on any atom is 0.265 e. The van der Waals surface area contributed by atoms with Crippen LogP contribution < -0.4 is 4.74 Å². The van der Waals surface area contributed by atoms with E-state index in [2.05, 4.69) is 0 Å². The summed E-state index contributed by atoms with van der Waals surface area (Å²) in [5.41, 5.74) is 0. The number of aliphatic hydroxyl groups excluding tert-OH is 1. The Labute approximate surface area is 85.3 Å². The molecule has 15 heavy (non-hydrogen) atoms. The first-order valence-corrected chi connectivity index (χ1v) is 4.16. The summed E-state index contributed by atoms with van der Waals surface area (Å²) in [6.45, 7) is 1.03. The third kappa shape index (κ3) is 3.14. The molecule has 4 nitrogen and oxygen atoms in total. The molecule has 0 saturated heterocycles. The number of Topliss-reactive ketones (excluding diaryl/α,β-unsaturated/α-hetero) is 2. The highest BCUT2D eigenvalue weighted by Crippen LogP contribution is 2.12. The van der Waals surface area contributed by atoms with Crippen molar-refractivity contribution >= 4 is 11.6 Å². The van der Waals surface area contributed by atoms with Gasteiger partial charge in [0, 0.05) is 6.92 Å². The average molecular weight is 212 g/mol. The molecule has 1 aromatic rings. The molecular weight excluding hydrogens is 203 g/mol. The molecule has 1 atom stereocenters. The van der Waals surface area contributed by atoms with Crippen molar-refractivity contribution in [1.29, 1.82) is 0 Å². The zero-order valence-corrected chi connectivity index (χ0v) is 7.94. The van der Waals surface area contributed by atoms with E-state index in [1.54, 1.807) is 0 Å². The van der Waals surface area contributed by atoms with Crippen molar-refractivity contribution in [1.82, 2.24) is 0 Å². The fourth-order valence-electron chi connectivity index (χ4n) is 0.869. The molecule has 0 spiro atoms. The van der Waals surface area contributed by atoms with Crippen LogP contribution in [-0.4, -0.2) is 23.0 Å². The Balaban J connectivity index is 2.66. The molecule has 0 aliphatic rings. The number of rotatable bonds is 4. The van der Waals surface area contributed by atoms with Crippen LogP contribution in [0.2, 0.25) is 0 Å². The van der Waals surface area contributed by atoms with Crippen LogP contribution >= 0.6 is 0 Å². The first-order chi connectivity index (χ1) is 7.00. The highest BCUT2D eigenvalue weighted by Gasteiger charge is 2.20. The van der Waals surface area contributed by atoms with E-state index >= 15 is 0 Å². The molecule has 0 radical (unpaired) electrons. The van der Waals surface area contributed by atoms with E-state index in [0.29, 0.717) is 0 Å². The lowest BCUT2D eigenvalue weighted by molar-refractivity contribution is -0.150. The summed E-state index contributed by atoms with van der Waals surface area (Å²) in [4.78, 5) is 21.5. The largest absolute Gasteiger partial charge is 0.457 e. The van der Waals surface area contributed by atoms with E-state index in [9.17, 15) is 14.0 Å². The summed E-state index contributed by atoms with van der Waals surface area (Å²) < 4.78 is 17.2. The number of carbonyl (C=O) groups excluding carboxylic acids is 2. The van der Waals surface area contributed by atoms with Gasteiger partial charge in [0.25, 0.3) is 12.1 Å². The molecule has 0 fully saturated rings. The predicted octanol–water partition coefficient (Wildman–Crippen LogP) is 0.681. The molecule has 0 heterocycles. The monoisotopic (exact) mass is 212 g/mol. The van der Waals surface area contributed by atoms with Crippen LogP contribution in [0.25, 0.3) is 0 Å². The van der Waals surface area contributed by atoms with Crippen LogP contribution in [0.5, 0.6) is 5.75 Å². The summed E-state index contributed by atoms with van der Waals surface area (Å²) in [5.74, 6) is -2.20. The van der Waals surface area contributed by atoms with Crippen molar-refractivity contribution in [3.63, 3.8) is 0 Å². The van der Waals surface area contributed by atoms with E-state index < -0.39 is 23.7 Å². The van der Waals surface area contributed by atoms with Crippen LogP contribution in [0.4, 0.5) is 4.39 Å². The number of ketones is 2. The second kappa shape index (κ2) is 4.65. The van der Waals surface area contributed by atoms with Gasteiger partial charge in [0.2, 0.25) is 5.78 Å². The fraction of sp³-hybridized carbons (Fsp3) is 0.200. The molecule has 80 valence electrons. The lowest BCUT2D eigenvalue weighted by Gasteiger charge is -2.10. The summed E-state index contributed by atoms with van der Waals surface area (Å²) in [6, 6.07) is 4.71. The fourth-order valence-corrected chi connectivity index (χ4v) is 0.869. The van der Waals surface area contributed by atoms with Crippen molar-refractivity contribution < 1.29 is 23.8 Å².